The van der Waals surface area contributed by atoms with Crippen LogP contribution in [-0.4, -0.2) is 54.5 Å². The first-order valence-corrected chi connectivity index (χ1v) is 7.98. The molecule has 21 heavy (non-hydrogen) atoms. The second kappa shape index (κ2) is 6.20. The summed E-state index contributed by atoms with van der Waals surface area (Å²) in [5.41, 5.74) is 0. The van der Waals surface area contributed by atoms with Gasteiger partial charge in [0.15, 0.2) is 0 Å². The van der Waals surface area contributed by atoms with Gasteiger partial charge in [0.2, 0.25) is 5.91 Å². The van der Waals surface area contributed by atoms with Gasteiger partial charge in [-0.3, -0.25) is 9.69 Å². The van der Waals surface area contributed by atoms with Crippen molar-refractivity contribution in [1.82, 2.24) is 15.1 Å². The van der Waals surface area contributed by atoms with Gasteiger partial charge in [-0.05, 0) is 45.4 Å². The first kappa shape index (κ1) is 14.6. The Bertz CT molecular complexity index is 493. The number of furan rings is 1. The van der Waals surface area contributed by atoms with Crippen LogP contribution in [0.5, 0.6) is 0 Å². The molecule has 3 rings (SSSR count). The minimum atomic E-state index is 0.0171. The highest BCUT2D eigenvalue weighted by atomic mass is 16.3. The maximum Gasteiger partial charge on any atom is 0.240 e. The van der Waals surface area contributed by atoms with E-state index in [1.165, 1.54) is 0 Å². The van der Waals surface area contributed by atoms with Crippen LogP contribution in [0.25, 0.3) is 0 Å². The minimum Gasteiger partial charge on any atom is -0.465 e. The Labute approximate surface area is 126 Å². The van der Waals surface area contributed by atoms with Gasteiger partial charge < -0.3 is 14.6 Å². The molecule has 5 nitrogen and oxygen atoms in total. The van der Waals surface area contributed by atoms with Crippen LogP contribution in [0.2, 0.25) is 0 Å². The van der Waals surface area contributed by atoms with E-state index in [-0.39, 0.29) is 12.1 Å². The SMILES string of the molecule is Cc1ccc(C(C)N2CCCC2C(=O)N2CCNCC2)o1. The van der Waals surface area contributed by atoms with Crippen LogP contribution in [0.3, 0.4) is 0 Å². The summed E-state index contributed by atoms with van der Waals surface area (Å²) in [5, 5.41) is 3.30. The fourth-order valence-corrected chi connectivity index (χ4v) is 3.46. The van der Waals surface area contributed by atoms with Crippen molar-refractivity contribution in [1.29, 1.82) is 0 Å². The van der Waals surface area contributed by atoms with Gasteiger partial charge in [0.05, 0.1) is 12.1 Å². The molecule has 0 aromatic carbocycles. The van der Waals surface area contributed by atoms with E-state index in [1.807, 2.05) is 24.0 Å². The van der Waals surface area contributed by atoms with Gasteiger partial charge in [0.25, 0.3) is 0 Å². The third-order valence-corrected chi connectivity index (χ3v) is 4.68. The first-order valence-electron chi connectivity index (χ1n) is 7.98. The normalized spacial score (nSPS) is 25.2. The maximum absolute atomic E-state index is 12.8. The number of nitrogens with one attached hydrogen (secondary N) is 1. The molecule has 0 spiro atoms. The fourth-order valence-electron chi connectivity index (χ4n) is 3.46. The summed E-state index contributed by atoms with van der Waals surface area (Å²) in [6, 6.07) is 4.21. The van der Waals surface area contributed by atoms with E-state index in [2.05, 4.69) is 17.1 Å². The quantitative estimate of drug-likeness (QED) is 0.918. The van der Waals surface area contributed by atoms with Gasteiger partial charge in [0, 0.05) is 26.2 Å². The summed E-state index contributed by atoms with van der Waals surface area (Å²) in [7, 11) is 0. The second-order valence-electron chi connectivity index (χ2n) is 6.10. The Kier molecular flexibility index (Phi) is 4.31. The Morgan fingerprint density at radius 2 is 2.10 bits per heavy atom. The number of carbonyl (C=O) groups is 1. The number of aryl methyl sites for hydroxylation is 1. The summed E-state index contributed by atoms with van der Waals surface area (Å²) in [6.07, 6.45) is 2.05. The first-order chi connectivity index (χ1) is 10.2. The van der Waals surface area contributed by atoms with Crippen LogP contribution in [0, 0.1) is 6.92 Å². The fraction of sp³-hybridized carbons (Fsp3) is 0.688. The third kappa shape index (κ3) is 2.99. The lowest BCUT2D eigenvalue weighted by molar-refractivity contribution is -0.137. The number of hydrogen-bond acceptors (Lipinski definition) is 4. The van der Waals surface area contributed by atoms with Gasteiger partial charge in [-0.25, -0.2) is 0 Å². The zero-order chi connectivity index (χ0) is 14.8. The van der Waals surface area contributed by atoms with Crippen LogP contribution < -0.4 is 5.32 Å². The average Bonchev–Trinajstić information content (AvgIpc) is 3.15. The lowest BCUT2D eigenvalue weighted by Crippen LogP contribution is -2.52. The van der Waals surface area contributed by atoms with Crippen molar-refractivity contribution in [2.75, 3.05) is 32.7 Å². The van der Waals surface area contributed by atoms with Crippen molar-refractivity contribution in [3.8, 4) is 0 Å². The number of nitrogens with zero attached hydrogens (tertiary/aromatic N) is 2. The van der Waals surface area contributed by atoms with Gasteiger partial charge in [-0.1, -0.05) is 0 Å². The molecule has 3 heterocycles. The molecule has 0 bridgehead atoms. The second-order valence-corrected chi connectivity index (χ2v) is 6.10. The van der Waals surface area contributed by atoms with E-state index in [1.54, 1.807) is 0 Å². The summed E-state index contributed by atoms with van der Waals surface area (Å²) in [5.74, 6) is 2.19. The van der Waals surface area contributed by atoms with Crippen molar-refractivity contribution < 1.29 is 9.21 Å². The van der Waals surface area contributed by atoms with Gasteiger partial charge in [0.1, 0.15) is 11.5 Å². The molecule has 2 aliphatic rings. The van der Waals surface area contributed by atoms with E-state index in [0.717, 1.165) is 57.1 Å². The van der Waals surface area contributed by atoms with E-state index in [0.29, 0.717) is 5.91 Å². The standard InChI is InChI=1S/C16H25N3O2/c1-12-5-6-15(21-12)13(2)19-9-3-4-14(19)16(20)18-10-7-17-8-11-18/h5-6,13-14,17H,3-4,7-11H2,1-2H3. The highest BCUT2D eigenvalue weighted by Crippen LogP contribution is 2.31. The predicted octanol–water partition coefficient (Wildman–Crippen LogP) is 1.55. The van der Waals surface area contributed by atoms with Crippen molar-refractivity contribution in [3.05, 3.63) is 23.7 Å². The Balaban J connectivity index is 1.71. The number of piperazine rings is 1. The molecule has 2 fully saturated rings. The molecule has 0 aliphatic carbocycles. The van der Waals surface area contributed by atoms with Crippen LogP contribution in [0.15, 0.2) is 16.5 Å². The molecule has 2 saturated heterocycles. The zero-order valence-corrected chi connectivity index (χ0v) is 13.0. The number of amides is 1. The minimum absolute atomic E-state index is 0.0171. The number of likely N-dealkylation sites (tertiary alicyclic amines) is 1. The van der Waals surface area contributed by atoms with E-state index in [4.69, 9.17) is 4.42 Å². The molecule has 1 aromatic heterocycles. The molecule has 5 heteroatoms. The zero-order valence-electron chi connectivity index (χ0n) is 13.0. The van der Waals surface area contributed by atoms with Gasteiger partial charge in [-0.15, -0.1) is 0 Å². The molecule has 1 N–H and O–H groups in total. The molecular weight excluding hydrogens is 266 g/mol. The van der Waals surface area contributed by atoms with E-state index >= 15 is 0 Å². The lowest BCUT2D eigenvalue weighted by Gasteiger charge is -2.34. The maximum atomic E-state index is 12.8. The lowest BCUT2D eigenvalue weighted by atomic mass is 10.1. The average molecular weight is 291 g/mol. The van der Waals surface area contributed by atoms with Crippen molar-refractivity contribution >= 4 is 5.91 Å². The predicted molar refractivity (Wildman–Crippen MR) is 81.0 cm³/mol. The summed E-state index contributed by atoms with van der Waals surface area (Å²) in [6.45, 7) is 8.56. The molecule has 116 valence electrons. The molecule has 2 aliphatic heterocycles. The van der Waals surface area contributed by atoms with E-state index < -0.39 is 0 Å². The van der Waals surface area contributed by atoms with Crippen LogP contribution in [-0.2, 0) is 4.79 Å². The molecule has 2 atom stereocenters. The van der Waals surface area contributed by atoms with Crippen molar-refractivity contribution in [3.63, 3.8) is 0 Å². The Morgan fingerprint density at radius 3 is 2.76 bits per heavy atom. The summed E-state index contributed by atoms with van der Waals surface area (Å²) >= 11 is 0. The monoisotopic (exact) mass is 291 g/mol. The molecule has 1 aromatic rings. The van der Waals surface area contributed by atoms with Crippen molar-refractivity contribution in [2.45, 2.75) is 38.8 Å². The molecule has 2 unspecified atom stereocenters. The van der Waals surface area contributed by atoms with Gasteiger partial charge in [-0.2, -0.15) is 0 Å². The molecule has 0 saturated carbocycles. The van der Waals surface area contributed by atoms with Crippen molar-refractivity contribution in [2.24, 2.45) is 0 Å². The van der Waals surface area contributed by atoms with Crippen LogP contribution >= 0.6 is 0 Å². The molecule has 1 amide bonds. The number of carbonyl (C=O) groups excluding carboxylic acids is 1. The number of rotatable bonds is 3. The number of hydrogen-bond donors (Lipinski definition) is 1. The van der Waals surface area contributed by atoms with Gasteiger partial charge >= 0.3 is 0 Å². The largest absolute Gasteiger partial charge is 0.465 e. The van der Waals surface area contributed by atoms with Crippen LogP contribution in [0.4, 0.5) is 0 Å². The molecule has 0 radical (unpaired) electrons. The van der Waals surface area contributed by atoms with E-state index in [9.17, 15) is 4.79 Å². The smallest absolute Gasteiger partial charge is 0.240 e. The topological polar surface area (TPSA) is 48.7 Å². The highest BCUT2D eigenvalue weighted by Gasteiger charge is 2.37. The Morgan fingerprint density at radius 1 is 1.33 bits per heavy atom. The molecular formula is C16H25N3O2. The third-order valence-electron chi connectivity index (χ3n) is 4.68. The summed E-state index contributed by atoms with van der Waals surface area (Å²) in [4.78, 5) is 17.1. The summed E-state index contributed by atoms with van der Waals surface area (Å²) < 4.78 is 5.75. The Hall–Kier alpha value is -1.33. The highest BCUT2D eigenvalue weighted by molar-refractivity contribution is 5.82. The van der Waals surface area contributed by atoms with Crippen LogP contribution in [0.1, 0.15) is 37.3 Å².